The van der Waals surface area contributed by atoms with E-state index in [0.717, 1.165) is 17.4 Å². The Bertz CT molecular complexity index is 806. The average molecular weight is 387 g/mol. The average Bonchev–Trinajstić information content (AvgIpc) is 2.92. The van der Waals surface area contributed by atoms with Gasteiger partial charge in [-0.2, -0.15) is 18.3 Å². The number of likely N-dealkylation sites (N-methyl/N-ethyl adjacent to an activating group) is 1. The Morgan fingerprint density at radius 2 is 1.96 bits per heavy atom. The third kappa shape index (κ3) is 3.86. The molecule has 140 valence electrons. The van der Waals surface area contributed by atoms with E-state index in [-0.39, 0.29) is 10.7 Å². The fourth-order valence-electron chi connectivity index (χ4n) is 3.00. The maximum atomic E-state index is 13.7. The van der Waals surface area contributed by atoms with Gasteiger partial charge in [-0.25, -0.2) is 4.68 Å². The van der Waals surface area contributed by atoms with Gasteiger partial charge in [0, 0.05) is 24.7 Å². The molecule has 0 bridgehead atoms. The second-order valence-electron chi connectivity index (χ2n) is 6.25. The number of carbonyl (C=O) groups is 1. The molecule has 5 nitrogen and oxygen atoms in total. The van der Waals surface area contributed by atoms with Crippen LogP contribution in [0.3, 0.4) is 0 Å². The summed E-state index contributed by atoms with van der Waals surface area (Å²) in [6.07, 6.45) is -3.03. The molecule has 0 unspecified atom stereocenters. The van der Waals surface area contributed by atoms with E-state index in [1.807, 2.05) is 11.9 Å². The van der Waals surface area contributed by atoms with Crippen LogP contribution in [0.1, 0.15) is 22.5 Å². The van der Waals surface area contributed by atoms with Crippen LogP contribution in [0.4, 0.5) is 13.2 Å². The van der Waals surface area contributed by atoms with Gasteiger partial charge in [-0.3, -0.25) is 4.79 Å². The van der Waals surface area contributed by atoms with E-state index in [9.17, 15) is 18.0 Å². The van der Waals surface area contributed by atoms with Crippen molar-refractivity contribution < 1.29 is 18.0 Å². The molecule has 0 atom stereocenters. The van der Waals surface area contributed by atoms with E-state index in [2.05, 4.69) is 5.10 Å². The molecule has 1 fully saturated rings. The van der Waals surface area contributed by atoms with Crippen molar-refractivity contribution in [3.63, 3.8) is 0 Å². The molecule has 2 heterocycles. The monoisotopic (exact) mass is 386 g/mol. The zero-order valence-electron chi connectivity index (χ0n) is 14.1. The van der Waals surface area contributed by atoms with Gasteiger partial charge in [0.05, 0.1) is 17.4 Å². The smallest absolute Gasteiger partial charge is 0.337 e. The summed E-state index contributed by atoms with van der Waals surface area (Å²) in [6.45, 7) is 2.23. The molecule has 0 aliphatic carbocycles. The molecule has 3 rings (SSSR count). The highest BCUT2D eigenvalue weighted by atomic mass is 35.5. The third-order valence-corrected chi connectivity index (χ3v) is 4.56. The Balaban J connectivity index is 2.01. The molecular formula is C17H18ClF3N4O. The standard InChI is InChI=1S/C17H18ClF3N4O/c1-23-6-3-7-24(9-8-23)16(26)14-11-22-25(15(14)17(19,20)21)13-5-2-4-12(18)10-13/h2,4-5,10-11H,3,6-9H2,1H3. The maximum Gasteiger partial charge on any atom is 0.434 e. The van der Waals surface area contributed by atoms with Crippen LogP contribution in [0.5, 0.6) is 0 Å². The number of carbonyl (C=O) groups excluding carboxylic acids is 1. The Morgan fingerprint density at radius 1 is 1.19 bits per heavy atom. The minimum absolute atomic E-state index is 0.152. The number of hydrogen-bond acceptors (Lipinski definition) is 3. The number of nitrogens with zero attached hydrogens (tertiary/aromatic N) is 4. The second-order valence-corrected chi connectivity index (χ2v) is 6.68. The Labute approximate surface area is 153 Å². The van der Waals surface area contributed by atoms with Gasteiger partial charge in [0.15, 0.2) is 5.69 Å². The molecule has 1 aliphatic rings. The lowest BCUT2D eigenvalue weighted by Gasteiger charge is -2.21. The van der Waals surface area contributed by atoms with Crippen LogP contribution in [-0.4, -0.2) is 58.7 Å². The maximum absolute atomic E-state index is 13.7. The zero-order chi connectivity index (χ0) is 18.9. The van der Waals surface area contributed by atoms with Crippen molar-refractivity contribution in [2.75, 3.05) is 33.2 Å². The van der Waals surface area contributed by atoms with Gasteiger partial charge in [-0.1, -0.05) is 17.7 Å². The largest absolute Gasteiger partial charge is 0.434 e. The number of halogens is 4. The van der Waals surface area contributed by atoms with Crippen molar-refractivity contribution in [3.05, 3.63) is 46.7 Å². The highest BCUT2D eigenvalue weighted by Gasteiger charge is 2.41. The molecule has 1 aliphatic heterocycles. The number of benzene rings is 1. The van der Waals surface area contributed by atoms with Crippen molar-refractivity contribution in [2.45, 2.75) is 12.6 Å². The number of aromatic nitrogens is 2. The molecule has 1 saturated heterocycles. The first-order valence-corrected chi connectivity index (χ1v) is 8.54. The number of alkyl halides is 3. The molecule has 1 aromatic heterocycles. The Kier molecular flexibility index (Phi) is 5.24. The fraction of sp³-hybridized carbons (Fsp3) is 0.412. The molecule has 2 aromatic rings. The van der Waals surface area contributed by atoms with E-state index in [1.165, 1.54) is 23.1 Å². The lowest BCUT2D eigenvalue weighted by atomic mass is 10.2. The first-order chi connectivity index (χ1) is 12.3. The van der Waals surface area contributed by atoms with Gasteiger partial charge < -0.3 is 9.80 Å². The van der Waals surface area contributed by atoms with Crippen LogP contribution in [0.25, 0.3) is 5.69 Å². The molecule has 0 N–H and O–H groups in total. The normalized spacial score (nSPS) is 16.6. The van der Waals surface area contributed by atoms with Crippen molar-refractivity contribution >= 4 is 17.5 Å². The first-order valence-electron chi connectivity index (χ1n) is 8.16. The predicted molar refractivity (Wildman–Crippen MR) is 91.6 cm³/mol. The Morgan fingerprint density at radius 3 is 2.65 bits per heavy atom. The van der Waals surface area contributed by atoms with E-state index >= 15 is 0 Å². The predicted octanol–water partition coefficient (Wildman–Crippen LogP) is 3.32. The minimum Gasteiger partial charge on any atom is -0.337 e. The SMILES string of the molecule is CN1CCCN(C(=O)c2cnn(-c3cccc(Cl)c3)c2C(F)(F)F)CC1. The molecule has 0 saturated carbocycles. The Hall–Kier alpha value is -2.06. The molecule has 0 radical (unpaired) electrons. The molecular weight excluding hydrogens is 369 g/mol. The number of amides is 1. The summed E-state index contributed by atoms with van der Waals surface area (Å²) >= 11 is 5.88. The molecule has 1 amide bonds. The molecule has 1 aromatic carbocycles. The lowest BCUT2D eigenvalue weighted by molar-refractivity contribution is -0.143. The van der Waals surface area contributed by atoms with Crippen LogP contribution >= 0.6 is 11.6 Å². The lowest BCUT2D eigenvalue weighted by Crippen LogP contribution is -2.35. The van der Waals surface area contributed by atoms with Gasteiger partial charge in [0.25, 0.3) is 5.91 Å². The second kappa shape index (κ2) is 7.28. The summed E-state index contributed by atoms with van der Waals surface area (Å²) < 4.78 is 41.9. The first kappa shape index (κ1) is 18.7. The van der Waals surface area contributed by atoms with Crippen LogP contribution < -0.4 is 0 Å². The van der Waals surface area contributed by atoms with Crippen molar-refractivity contribution in [1.82, 2.24) is 19.6 Å². The van der Waals surface area contributed by atoms with Crippen LogP contribution in [0, 0.1) is 0 Å². The third-order valence-electron chi connectivity index (χ3n) is 4.33. The fourth-order valence-corrected chi connectivity index (χ4v) is 3.19. The quantitative estimate of drug-likeness (QED) is 0.795. The highest BCUT2D eigenvalue weighted by Crippen LogP contribution is 2.34. The minimum atomic E-state index is -4.73. The molecule has 26 heavy (non-hydrogen) atoms. The summed E-state index contributed by atoms with van der Waals surface area (Å²) in [7, 11) is 1.92. The van der Waals surface area contributed by atoms with Crippen molar-refractivity contribution in [3.8, 4) is 5.69 Å². The van der Waals surface area contributed by atoms with E-state index in [4.69, 9.17) is 11.6 Å². The van der Waals surface area contributed by atoms with Gasteiger partial charge in [-0.15, -0.1) is 0 Å². The summed E-state index contributed by atoms with van der Waals surface area (Å²) in [5.74, 6) is -0.652. The van der Waals surface area contributed by atoms with E-state index in [1.54, 1.807) is 6.07 Å². The van der Waals surface area contributed by atoms with Crippen molar-refractivity contribution in [2.24, 2.45) is 0 Å². The molecule has 9 heteroatoms. The van der Waals surface area contributed by atoms with Crippen LogP contribution in [0.15, 0.2) is 30.5 Å². The van der Waals surface area contributed by atoms with Gasteiger partial charge in [0.1, 0.15) is 0 Å². The summed E-state index contributed by atoms with van der Waals surface area (Å²) in [5, 5.41) is 4.11. The molecule has 0 spiro atoms. The number of hydrogen-bond donors (Lipinski definition) is 0. The highest BCUT2D eigenvalue weighted by molar-refractivity contribution is 6.30. The zero-order valence-corrected chi connectivity index (χ0v) is 14.9. The van der Waals surface area contributed by atoms with Gasteiger partial charge in [0.2, 0.25) is 0 Å². The van der Waals surface area contributed by atoms with Gasteiger partial charge in [-0.05, 0) is 38.2 Å². The van der Waals surface area contributed by atoms with Crippen molar-refractivity contribution in [1.29, 1.82) is 0 Å². The summed E-state index contributed by atoms with van der Waals surface area (Å²) in [5.41, 5.74) is -1.37. The summed E-state index contributed by atoms with van der Waals surface area (Å²) in [4.78, 5) is 16.3. The van der Waals surface area contributed by atoms with E-state index in [0.29, 0.717) is 26.1 Å². The van der Waals surface area contributed by atoms with Crippen LogP contribution in [-0.2, 0) is 6.18 Å². The van der Waals surface area contributed by atoms with E-state index < -0.39 is 23.3 Å². The number of rotatable bonds is 2. The van der Waals surface area contributed by atoms with Crippen LogP contribution in [0.2, 0.25) is 5.02 Å². The summed E-state index contributed by atoms with van der Waals surface area (Å²) in [6, 6.07) is 5.93. The van der Waals surface area contributed by atoms with Gasteiger partial charge >= 0.3 is 6.18 Å². The topological polar surface area (TPSA) is 41.4 Å².